The number of halogens is 3. The Balaban J connectivity index is 2.11. The Hall–Kier alpha value is -1.22. The van der Waals surface area contributed by atoms with Gasteiger partial charge in [0.25, 0.3) is 0 Å². The van der Waals surface area contributed by atoms with Crippen LogP contribution in [0.3, 0.4) is 0 Å². The zero-order chi connectivity index (χ0) is 15.6. The number of carbonyl (C=O) groups is 1. The number of carbonyl (C=O) groups excluding carboxylic acids is 1. The molecule has 0 aliphatic heterocycles. The van der Waals surface area contributed by atoms with E-state index in [0.29, 0.717) is 26.4 Å². The molecule has 0 saturated heterocycles. The van der Waals surface area contributed by atoms with E-state index in [2.05, 4.69) is 0 Å². The van der Waals surface area contributed by atoms with Crippen molar-refractivity contribution in [1.82, 2.24) is 0 Å². The molecule has 0 aromatic heterocycles. The zero-order valence-electron chi connectivity index (χ0n) is 11.5. The number of ketones is 1. The van der Waals surface area contributed by atoms with Crippen LogP contribution in [0.4, 0.5) is 0 Å². The fraction of sp³-hybridized carbons (Fsp3) is 0.188. The lowest BCUT2D eigenvalue weighted by molar-refractivity contribution is 0.0921. The molecule has 0 spiro atoms. The van der Waals surface area contributed by atoms with E-state index < -0.39 is 0 Å². The third-order valence-corrected chi connectivity index (χ3v) is 4.16. The van der Waals surface area contributed by atoms with Gasteiger partial charge in [0.15, 0.2) is 6.61 Å². The molecule has 0 aliphatic rings. The highest BCUT2D eigenvalue weighted by Crippen LogP contribution is 2.26. The number of hydrogen-bond donors (Lipinski definition) is 0. The number of ether oxygens (including phenoxy) is 1. The number of benzene rings is 2. The average molecular weight is 344 g/mol. The molecule has 2 rings (SSSR count). The van der Waals surface area contributed by atoms with Gasteiger partial charge in [-0.2, -0.15) is 0 Å². The Kier molecular flexibility index (Phi) is 5.15. The van der Waals surface area contributed by atoms with Gasteiger partial charge in [0.2, 0.25) is 5.78 Å². The van der Waals surface area contributed by atoms with Crippen molar-refractivity contribution in [3.63, 3.8) is 0 Å². The van der Waals surface area contributed by atoms with Gasteiger partial charge in [-0.25, -0.2) is 0 Å². The first kappa shape index (κ1) is 16.2. The van der Waals surface area contributed by atoms with Gasteiger partial charge < -0.3 is 4.74 Å². The van der Waals surface area contributed by atoms with E-state index in [1.54, 1.807) is 24.3 Å². The van der Waals surface area contributed by atoms with Gasteiger partial charge in [-0.05, 0) is 55.3 Å². The SMILES string of the molecule is Cc1cc(OCC(=O)c2ccc(Cl)cc2Cl)cc(C)c1Cl. The van der Waals surface area contributed by atoms with Crippen LogP contribution in [-0.4, -0.2) is 12.4 Å². The molecule has 0 radical (unpaired) electrons. The largest absolute Gasteiger partial charge is 0.485 e. The molecule has 110 valence electrons. The summed E-state index contributed by atoms with van der Waals surface area (Å²) in [5.74, 6) is 0.398. The molecule has 0 N–H and O–H groups in total. The molecule has 0 saturated carbocycles. The summed E-state index contributed by atoms with van der Waals surface area (Å²) in [6.45, 7) is 3.68. The summed E-state index contributed by atoms with van der Waals surface area (Å²) >= 11 is 17.9. The van der Waals surface area contributed by atoms with Crippen molar-refractivity contribution in [1.29, 1.82) is 0 Å². The second kappa shape index (κ2) is 6.69. The van der Waals surface area contributed by atoms with Crippen LogP contribution in [0.5, 0.6) is 5.75 Å². The van der Waals surface area contributed by atoms with Crippen LogP contribution < -0.4 is 4.74 Å². The van der Waals surface area contributed by atoms with Crippen molar-refractivity contribution in [3.05, 3.63) is 62.1 Å². The smallest absolute Gasteiger partial charge is 0.201 e. The molecule has 0 aliphatic carbocycles. The topological polar surface area (TPSA) is 26.3 Å². The van der Waals surface area contributed by atoms with Gasteiger partial charge in [-0.3, -0.25) is 4.79 Å². The first-order chi connectivity index (χ1) is 9.88. The number of aryl methyl sites for hydroxylation is 2. The Labute approximate surface area is 138 Å². The van der Waals surface area contributed by atoms with Crippen molar-refractivity contribution in [2.24, 2.45) is 0 Å². The summed E-state index contributed by atoms with van der Waals surface area (Å²) in [5, 5.41) is 1.51. The van der Waals surface area contributed by atoms with Crippen molar-refractivity contribution < 1.29 is 9.53 Å². The Morgan fingerprint density at radius 3 is 2.24 bits per heavy atom. The molecule has 0 fully saturated rings. The van der Waals surface area contributed by atoms with Gasteiger partial charge in [0.05, 0.1) is 5.02 Å². The van der Waals surface area contributed by atoms with Crippen LogP contribution in [0.1, 0.15) is 21.5 Å². The lowest BCUT2D eigenvalue weighted by atomic mass is 10.1. The quantitative estimate of drug-likeness (QED) is 0.683. The molecule has 0 unspecified atom stereocenters. The average Bonchev–Trinajstić information content (AvgIpc) is 2.42. The lowest BCUT2D eigenvalue weighted by Gasteiger charge is -2.10. The number of hydrogen-bond acceptors (Lipinski definition) is 2. The van der Waals surface area contributed by atoms with Crippen LogP contribution in [0.25, 0.3) is 0 Å². The number of rotatable bonds is 4. The monoisotopic (exact) mass is 342 g/mol. The first-order valence-electron chi connectivity index (χ1n) is 6.26. The molecule has 0 bridgehead atoms. The predicted molar refractivity (Wildman–Crippen MR) is 87.2 cm³/mol. The lowest BCUT2D eigenvalue weighted by Crippen LogP contribution is -2.12. The minimum Gasteiger partial charge on any atom is -0.485 e. The van der Waals surface area contributed by atoms with Crippen LogP contribution in [0.15, 0.2) is 30.3 Å². The van der Waals surface area contributed by atoms with E-state index in [4.69, 9.17) is 39.5 Å². The summed E-state index contributed by atoms with van der Waals surface area (Å²) in [6, 6.07) is 8.34. The van der Waals surface area contributed by atoms with Gasteiger partial charge in [0.1, 0.15) is 5.75 Å². The maximum atomic E-state index is 12.1. The molecule has 2 nitrogen and oxygen atoms in total. The molecule has 5 heteroatoms. The van der Waals surface area contributed by atoms with Crippen molar-refractivity contribution in [3.8, 4) is 5.75 Å². The van der Waals surface area contributed by atoms with Crippen molar-refractivity contribution in [2.45, 2.75) is 13.8 Å². The Morgan fingerprint density at radius 2 is 1.67 bits per heavy atom. The highest BCUT2D eigenvalue weighted by Gasteiger charge is 2.12. The molecule has 21 heavy (non-hydrogen) atoms. The van der Waals surface area contributed by atoms with Crippen molar-refractivity contribution in [2.75, 3.05) is 6.61 Å². The second-order valence-electron chi connectivity index (χ2n) is 4.71. The van der Waals surface area contributed by atoms with Crippen molar-refractivity contribution >= 4 is 40.6 Å². The van der Waals surface area contributed by atoms with E-state index in [9.17, 15) is 4.79 Å². The summed E-state index contributed by atoms with van der Waals surface area (Å²) in [5.41, 5.74) is 2.20. The van der Waals surface area contributed by atoms with E-state index in [-0.39, 0.29) is 12.4 Å². The minimum atomic E-state index is -0.207. The van der Waals surface area contributed by atoms with Gasteiger partial charge in [-0.15, -0.1) is 0 Å². The molecule has 0 amide bonds. The van der Waals surface area contributed by atoms with Crippen LogP contribution >= 0.6 is 34.8 Å². The molecular formula is C16H13Cl3O2. The van der Waals surface area contributed by atoms with Gasteiger partial charge in [0, 0.05) is 15.6 Å². The summed E-state index contributed by atoms with van der Waals surface area (Å²) < 4.78 is 5.52. The van der Waals surface area contributed by atoms with E-state index >= 15 is 0 Å². The molecule has 0 atom stereocenters. The molecule has 0 heterocycles. The van der Waals surface area contributed by atoms with Crippen LogP contribution in [0.2, 0.25) is 15.1 Å². The fourth-order valence-corrected chi connectivity index (χ4v) is 2.55. The predicted octanol–water partition coefficient (Wildman–Crippen LogP) is 5.53. The standard InChI is InChI=1S/C16H13Cl3O2/c1-9-5-12(6-10(2)16(9)19)21-8-15(20)13-4-3-11(17)7-14(13)18/h3-7H,8H2,1-2H3. The van der Waals surface area contributed by atoms with E-state index in [0.717, 1.165) is 11.1 Å². The fourth-order valence-electron chi connectivity index (χ4n) is 1.93. The summed E-state index contributed by atoms with van der Waals surface area (Å²) in [6.07, 6.45) is 0. The van der Waals surface area contributed by atoms with Gasteiger partial charge >= 0.3 is 0 Å². The maximum Gasteiger partial charge on any atom is 0.201 e. The highest BCUT2D eigenvalue weighted by molar-refractivity contribution is 6.36. The summed E-state index contributed by atoms with van der Waals surface area (Å²) in [4.78, 5) is 12.1. The van der Waals surface area contributed by atoms with Gasteiger partial charge in [-0.1, -0.05) is 34.8 Å². The molecule has 2 aromatic rings. The second-order valence-corrected chi connectivity index (χ2v) is 5.93. The Bertz CT molecular complexity index is 673. The van der Waals surface area contributed by atoms with E-state index in [1.165, 1.54) is 6.07 Å². The first-order valence-corrected chi connectivity index (χ1v) is 7.39. The summed E-state index contributed by atoms with van der Waals surface area (Å²) in [7, 11) is 0. The maximum absolute atomic E-state index is 12.1. The van der Waals surface area contributed by atoms with Crippen LogP contribution in [-0.2, 0) is 0 Å². The Morgan fingerprint density at radius 1 is 1.05 bits per heavy atom. The normalized spacial score (nSPS) is 10.5. The third kappa shape index (κ3) is 3.91. The third-order valence-electron chi connectivity index (χ3n) is 3.01. The molecular weight excluding hydrogens is 331 g/mol. The van der Waals surface area contributed by atoms with Crippen LogP contribution in [0, 0.1) is 13.8 Å². The molecule has 2 aromatic carbocycles. The zero-order valence-corrected chi connectivity index (χ0v) is 13.8. The number of Topliss-reactive ketones (excluding diaryl/α,β-unsaturated/α-hetero) is 1. The van der Waals surface area contributed by atoms with E-state index in [1.807, 2.05) is 13.8 Å². The highest BCUT2D eigenvalue weighted by atomic mass is 35.5. The minimum absolute atomic E-state index is 0.0954.